The Morgan fingerprint density at radius 3 is 2.49 bits per heavy atom. The van der Waals surface area contributed by atoms with Gasteiger partial charge in [0.2, 0.25) is 5.95 Å². The van der Waals surface area contributed by atoms with Crippen LogP contribution < -0.4 is 25.4 Å². The van der Waals surface area contributed by atoms with Gasteiger partial charge in [-0.05, 0) is 32.3 Å². The Balaban J connectivity index is 1.66. The molecule has 0 aliphatic rings. The summed E-state index contributed by atoms with van der Waals surface area (Å²) in [7, 11) is 11.3. The molecule has 1 aromatic carbocycles. The topological polar surface area (TPSA) is 107 Å². The Hall–Kier alpha value is -4.05. The number of hydrogen-bond donors (Lipinski definition) is 2. The number of nitrogen functional groups attached to an aromatic ring is 1. The number of hydrogen-bond acceptors (Lipinski definition) is 9. The SMILES string of the molecule is COc1cc(N(C)CCN(C)C)c(N)cc1Nc1ncc(OC)c(-c2cnc3c(ccn3C)c2)n1. The normalized spacial score (nSPS) is 11.2. The van der Waals surface area contributed by atoms with Gasteiger partial charge in [-0.2, -0.15) is 0 Å². The minimum atomic E-state index is 0.389. The number of benzene rings is 1. The van der Waals surface area contributed by atoms with E-state index in [-0.39, 0.29) is 0 Å². The van der Waals surface area contributed by atoms with E-state index in [1.54, 1.807) is 26.6 Å². The van der Waals surface area contributed by atoms with Crippen LogP contribution in [0.15, 0.2) is 42.9 Å². The van der Waals surface area contributed by atoms with Gasteiger partial charge < -0.3 is 34.9 Å². The van der Waals surface area contributed by atoms with Crippen LogP contribution in [0.5, 0.6) is 11.5 Å². The summed E-state index contributed by atoms with van der Waals surface area (Å²) in [6.07, 6.45) is 5.40. The van der Waals surface area contributed by atoms with Crippen LogP contribution in [0.1, 0.15) is 0 Å². The number of anilines is 4. The second-order valence-corrected chi connectivity index (χ2v) is 8.64. The zero-order chi connectivity index (χ0) is 25.1. The number of rotatable bonds is 9. The Kier molecular flexibility index (Phi) is 6.92. The van der Waals surface area contributed by atoms with Crippen LogP contribution >= 0.6 is 0 Å². The summed E-state index contributed by atoms with van der Waals surface area (Å²) < 4.78 is 13.2. The van der Waals surface area contributed by atoms with E-state index in [0.717, 1.165) is 35.4 Å². The molecular weight excluding hydrogens is 444 g/mol. The van der Waals surface area contributed by atoms with Crippen molar-refractivity contribution >= 4 is 34.0 Å². The van der Waals surface area contributed by atoms with Crippen molar-refractivity contribution < 1.29 is 9.47 Å². The van der Waals surface area contributed by atoms with Crippen molar-refractivity contribution in [3.05, 3.63) is 42.9 Å². The molecule has 0 unspecified atom stereocenters. The summed E-state index contributed by atoms with van der Waals surface area (Å²) in [5.41, 5.74) is 11.0. The smallest absolute Gasteiger partial charge is 0.228 e. The van der Waals surface area contributed by atoms with Gasteiger partial charge in [0, 0.05) is 56.6 Å². The van der Waals surface area contributed by atoms with E-state index < -0.39 is 0 Å². The molecule has 3 aromatic heterocycles. The molecule has 0 spiro atoms. The lowest BCUT2D eigenvalue weighted by Crippen LogP contribution is -2.29. The van der Waals surface area contributed by atoms with Gasteiger partial charge in [0.1, 0.15) is 17.1 Å². The number of nitrogens with zero attached hydrogens (tertiary/aromatic N) is 6. The maximum absolute atomic E-state index is 6.41. The molecule has 0 saturated heterocycles. The molecule has 10 nitrogen and oxygen atoms in total. The van der Waals surface area contributed by atoms with E-state index in [4.69, 9.17) is 20.2 Å². The fraction of sp³-hybridized carbons (Fsp3) is 0.320. The van der Waals surface area contributed by atoms with E-state index in [0.29, 0.717) is 34.5 Å². The highest BCUT2D eigenvalue weighted by molar-refractivity contribution is 5.83. The molecule has 0 atom stereocenters. The number of nitrogens with one attached hydrogen (secondary N) is 1. The van der Waals surface area contributed by atoms with E-state index in [9.17, 15) is 0 Å². The molecule has 0 radical (unpaired) electrons. The van der Waals surface area contributed by atoms with Gasteiger partial charge in [-0.3, -0.25) is 0 Å². The number of fused-ring (bicyclic) bond motifs is 1. The summed E-state index contributed by atoms with van der Waals surface area (Å²) in [6.45, 7) is 1.74. The first-order valence-corrected chi connectivity index (χ1v) is 11.2. The fourth-order valence-corrected chi connectivity index (χ4v) is 3.85. The minimum absolute atomic E-state index is 0.389. The molecule has 4 rings (SSSR count). The molecule has 0 amide bonds. The Bertz CT molecular complexity index is 1330. The van der Waals surface area contributed by atoms with Gasteiger partial charge in [0.05, 0.1) is 37.5 Å². The van der Waals surface area contributed by atoms with E-state index in [1.165, 1.54) is 0 Å². The molecule has 35 heavy (non-hydrogen) atoms. The predicted octanol–water partition coefficient (Wildman–Crippen LogP) is 3.37. The average molecular weight is 477 g/mol. The van der Waals surface area contributed by atoms with Crippen LogP contribution in [0.3, 0.4) is 0 Å². The molecule has 3 heterocycles. The van der Waals surface area contributed by atoms with E-state index >= 15 is 0 Å². The summed E-state index contributed by atoms with van der Waals surface area (Å²) in [5, 5.41) is 4.27. The first-order chi connectivity index (χ1) is 16.8. The molecule has 184 valence electrons. The summed E-state index contributed by atoms with van der Waals surface area (Å²) >= 11 is 0. The predicted molar refractivity (Wildman–Crippen MR) is 141 cm³/mol. The molecule has 0 bridgehead atoms. The lowest BCUT2D eigenvalue weighted by atomic mass is 10.1. The monoisotopic (exact) mass is 476 g/mol. The van der Waals surface area contributed by atoms with Crippen LogP contribution in [-0.2, 0) is 7.05 Å². The summed E-state index contributed by atoms with van der Waals surface area (Å²) in [6, 6.07) is 7.81. The second-order valence-electron chi connectivity index (χ2n) is 8.64. The van der Waals surface area contributed by atoms with Gasteiger partial charge in [-0.25, -0.2) is 15.0 Å². The number of pyridine rings is 1. The number of methoxy groups -OCH3 is 2. The number of likely N-dealkylation sites (N-methyl/N-ethyl adjacent to an activating group) is 2. The highest BCUT2D eigenvalue weighted by Gasteiger charge is 2.16. The Labute approximate surface area is 205 Å². The van der Waals surface area contributed by atoms with Gasteiger partial charge in [-0.15, -0.1) is 0 Å². The number of aryl methyl sites for hydroxylation is 1. The van der Waals surface area contributed by atoms with E-state index in [2.05, 4.69) is 25.1 Å². The van der Waals surface area contributed by atoms with Gasteiger partial charge in [-0.1, -0.05) is 0 Å². The molecule has 3 N–H and O–H groups in total. The molecule has 10 heteroatoms. The summed E-state index contributed by atoms with van der Waals surface area (Å²) in [4.78, 5) is 18.0. The van der Waals surface area contributed by atoms with Gasteiger partial charge in [0.15, 0.2) is 5.75 Å². The van der Waals surface area contributed by atoms with Crippen molar-refractivity contribution in [2.75, 3.05) is 64.4 Å². The molecule has 0 aliphatic heterocycles. The molecule has 0 saturated carbocycles. The van der Waals surface area contributed by atoms with Crippen LogP contribution in [0.4, 0.5) is 23.0 Å². The highest BCUT2D eigenvalue weighted by atomic mass is 16.5. The van der Waals surface area contributed by atoms with Crippen LogP contribution in [0, 0.1) is 0 Å². The molecule has 0 aliphatic carbocycles. The zero-order valence-corrected chi connectivity index (χ0v) is 21.0. The third-order valence-electron chi connectivity index (χ3n) is 5.84. The lowest BCUT2D eigenvalue weighted by molar-refractivity contribution is 0.412. The quantitative estimate of drug-likeness (QED) is 0.352. The molecule has 0 fully saturated rings. The number of ether oxygens (including phenoxy) is 2. The fourth-order valence-electron chi connectivity index (χ4n) is 3.85. The standard InChI is InChI=1S/C25H32N8O2/c1-31(2)9-10-32(3)20-13-21(34-5)19(12-18(20)26)29-25-28-15-22(35-6)23(30-25)17-11-16-7-8-33(4)24(16)27-14-17/h7-8,11-15H,9-10,26H2,1-6H3,(H,28,29,30). The van der Waals surface area contributed by atoms with Crippen molar-refractivity contribution in [3.63, 3.8) is 0 Å². The van der Waals surface area contributed by atoms with E-state index in [1.807, 2.05) is 63.2 Å². The average Bonchev–Trinajstić information content (AvgIpc) is 3.22. The van der Waals surface area contributed by atoms with Crippen molar-refractivity contribution in [2.45, 2.75) is 0 Å². The highest BCUT2D eigenvalue weighted by Crippen LogP contribution is 2.37. The molecular formula is C25H32N8O2. The van der Waals surface area contributed by atoms with Crippen molar-refractivity contribution in [1.29, 1.82) is 0 Å². The third kappa shape index (κ3) is 5.07. The minimum Gasteiger partial charge on any atom is -0.494 e. The third-order valence-corrected chi connectivity index (χ3v) is 5.84. The number of nitrogens with two attached hydrogens (primary N) is 1. The van der Waals surface area contributed by atoms with Crippen molar-refractivity contribution in [3.8, 4) is 22.8 Å². The van der Waals surface area contributed by atoms with Crippen LogP contribution in [0.25, 0.3) is 22.3 Å². The Morgan fingerprint density at radius 1 is 1.00 bits per heavy atom. The van der Waals surface area contributed by atoms with Crippen LogP contribution in [-0.4, -0.2) is 72.9 Å². The van der Waals surface area contributed by atoms with Gasteiger partial charge in [0.25, 0.3) is 0 Å². The largest absolute Gasteiger partial charge is 0.494 e. The Morgan fingerprint density at radius 2 is 1.77 bits per heavy atom. The lowest BCUT2D eigenvalue weighted by Gasteiger charge is -2.24. The number of aromatic nitrogens is 4. The van der Waals surface area contributed by atoms with Gasteiger partial charge >= 0.3 is 0 Å². The van der Waals surface area contributed by atoms with Crippen molar-refractivity contribution in [2.24, 2.45) is 7.05 Å². The molecule has 4 aromatic rings. The second kappa shape index (κ2) is 10.1. The first-order valence-electron chi connectivity index (χ1n) is 11.2. The zero-order valence-electron chi connectivity index (χ0n) is 21.0. The maximum Gasteiger partial charge on any atom is 0.228 e. The summed E-state index contributed by atoms with van der Waals surface area (Å²) in [5.74, 6) is 1.58. The first kappa shape index (κ1) is 24.1. The van der Waals surface area contributed by atoms with Crippen LogP contribution in [0.2, 0.25) is 0 Å². The maximum atomic E-state index is 6.41. The van der Waals surface area contributed by atoms with Crippen molar-refractivity contribution in [1.82, 2.24) is 24.4 Å².